The maximum Gasteiger partial charge on any atom is 0.0543 e. The van der Waals surface area contributed by atoms with E-state index in [0.29, 0.717) is 12.1 Å². The zero-order chi connectivity index (χ0) is 19.8. The van der Waals surface area contributed by atoms with E-state index < -0.39 is 0 Å². The molecule has 1 N–H and O–H groups in total. The van der Waals surface area contributed by atoms with Crippen molar-refractivity contribution in [3.8, 4) is 0 Å². The lowest BCUT2D eigenvalue weighted by atomic mass is 10.00. The van der Waals surface area contributed by atoms with Gasteiger partial charge in [0, 0.05) is 44.8 Å². The maximum atomic E-state index is 4.77. The second kappa shape index (κ2) is 10.9. The molecule has 1 aromatic rings. The Kier molecular flexibility index (Phi) is 8.31. The monoisotopic (exact) mass is 385 g/mol. The van der Waals surface area contributed by atoms with Gasteiger partial charge in [-0.3, -0.25) is 5.01 Å². The molecule has 2 heterocycles. The highest BCUT2D eigenvalue weighted by Crippen LogP contribution is 2.22. The number of benzene rings is 1. The van der Waals surface area contributed by atoms with Gasteiger partial charge in [-0.2, -0.15) is 5.10 Å². The number of piperazine rings is 1. The fraction of sp³-hybridized carbons (Fsp3) is 0.696. The fourth-order valence-electron chi connectivity index (χ4n) is 4.22. The number of likely N-dealkylation sites (N-methyl/N-ethyl adjacent to an activating group) is 1. The first-order chi connectivity index (χ1) is 13.6. The highest BCUT2D eigenvalue weighted by atomic mass is 15.5. The molecule has 28 heavy (non-hydrogen) atoms. The highest BCUT2D eigenvalue weighted by molar-refractivity contribution is 5.79. The fourth-order valence-corrected chi connectivity index (χ4v) is 4.22. The minimum absolute atomic E-state index is 0.550. The van der Waals surface area contributed by atoms with Gasteiger partial charge in [-0.25, -0.2) is 0 Å². The molecule has 0 bridgehead atoms. The minimum Gasteiger partial charge on any atom is -0.313 e. The van der Waals surface area contributed by atoms with Crippen LogP contribution in [-0.4, -0.2) is 79.4 Å². The van der Waals surface area contributed by atoms with Gasteiger partial charge >= 0.3 is 0 Å². The predicted molar refractivity (Wildman–Crippen MR) is 119 cm³/mol. The number of piperidine rings is 1. The molecule has 3 rings (SSSR count). The lowest BCUT2D eigenvalue weighted by molar-refractivity contribution is 0.109. The Balaban J connectivity index is 1.34. The van der Waals surface area contributed by atoms with Crippen LogP contribution in [0.2, 0.25) is 0 Å². The second-order valence-corrected chi connectivity index (χ2v) is 8.67. The van der Waals surface area contributed by atoms with Crippen LogP contribution in [0.25, 0.3) is 0 Å². The van der Waals surface area contributed by atoms with Crippen LogP contribution in [-0.2, 0) is 6.54 Å². The zero-order valence-electron chi connectivity index (χ0n) is 18.1. The molecule has 0 aliphatic carbocycles. The summed E-state index contributed by atoms with van der Waals surface area (Å²) in [6.45, 7) is 12.7. The van der Waals surface area contributed by atoms with Gasteiger partial charge in [0.25, 0.3) is 0 Å². The van der Waals surface area contributed by atoms with E-state index in [2.05, 4.69) is 65.3 Å². The Hall–Kier alpha value is -1.43. The van der Waals surface area contributed by atoms with Crippen LogP contribution in [0.15, 0.2) is 29.4 Å². The largest absolute Gasteiger partial charge is 0.313 e. The van der Waals surface area contributed by atoms with Gasteiger partial charge in [-0.1, -0.05) is 24.3 Å². The Bertz CT molecular complexity index is 582. The second-order valence-electron chi connectivity index (χ2n) is 8.67. The van der Waals surface area contributed by atoms with Crippen LogP contribution in [0.4, 0.5) is 0 Å². The van der Waals surface area contributed by atoms with Gasteiger partial charge in [-0.15, -0.1) is 0 Å². The number of hydrogen-bond donors (Lipinski definition) is 1. The van der Waals surface area contributed by atoms with Crippen molar-refractivity contribution in [2.24, 2.45) is 5.10 Å². The van der Waals surface area contributed by atoms with Crippen LogP contribution in [0, 0.1) is 0 Å². The molecule has 0 saturated carbocycles. The molecule has 2 unspecified atom stereocenters. The summed E-state index contributed by atoms with van der Waals surface area (Å²) >= 11 is 0. The Morgan fingerprint density at radius 2 is 1.71 bits per heavy atom. The first-order valence-electron chi connectivity index (χ1n) is 11.1. The Labute approximate surface area is 171 Å². The van der Waals surface area contributed by atoms with E-state index in [-0.39, 0.29) is 0 Å². The quantitative estimate of drug-likeness (QED) is 0.551. The zero-order valence-corrected chi connectivity index (χ0v) is 18.1. The molecule has 0 aromatic heterocycles. The van der Waals surface area contributed by atoms with Crippen LogP contribution in [0.1, 0.15) is 50.7 Å². The van der Waals surface area contributed by atoms with Gasteiger partial charge in [0.2, 0.25) is 0 Å². The number of hydrogen-bond acceptors (Lipinski definition) is 5. The summed E-state index contributed by atoms with van der Waals surface area (Å²) in [6, 6.07) is 9.91. The van der Waals surface area contributed by atoms with Gasteiger partial charge in [0.05, 0.1) is 6.21 Å². The van der Waals surface area contributed by atoms with Gasteiger partial charge in [-0.05, 0) is 70.8 Å². The van der Waals surface area contributed by atoms with Crippen LogP contribution < -0.4 is 5.32 Å². The third-order valence-corrected chi connectivity index (χ3v) is 6.22. The third-order valence-electron chi connectivity index (χ3n) is 6.22. The maximum absolute atomic E-state index is 4.77. The average molecular weight is 386 g/mol. The molecule has 156 valence electrons. The van der Waals surface area contributed by atoms with Gasteiger partial charge in [0.1, 0.15) is 0 Å². The summed E-state index contributed by atoms with van der Waals surface area (Å²) in [4.78, 5) is 5.00. The van der Waals surface area contributed by atoms with Crippen molar-refractivity contribution in [2.45, 2.75) is 58.2 Å². The van der Waals surface area contributed by atoms with E-state index in [0.717, 1.165) is 13.1 Å². The Morgan fingerprint density at radius 1 is 1.04 bits per heavy atom. The molecule has 2 aliphatic heterocycles. The van der Waals surface area contributed by atoms with Crippen molar-refractivity contribution in [2.75, 3.05) is 46.3 Å². The molecule has 1 aromatic carbocycles. The van der Waals surface area contributed by atoms with E-state index in [4.69, 9.17) is 5.10 Å². The first kappa shape index (κ1) is 21.3. The number of nitrogens with zero attached hydrogens (tertiary/aromatic N) is 4. The summed E-state index contributed by atoms with van der Waals surface area (Å²) in [5, 5.41) is 10.6. The predicted octanol–water partition coefficient (Wildman–Crippen LogP) is 3.01. The molecule has 2 aliphatic rings. The number of hydrazone groups is 1. The summed E-state index contributed by atoms with van der Waals surface area (Å²) in [7, 11) is 2.21. The topological polar surface area (TPSA) is 34.1 Å². The SMILES string of the molecule is CC1CCCC(C)N1N=Cc1ccc(CNCCCN2CCN(C)CC2)cc1. The van der Waals surface area contributed by atoms with Crippen LogP contribution in [0.3, 0.4) is 0 Å². The van der Waals surface area contributed by atoms with Crippen molar-refractivity contribution in [3.05, 3.63) is 35.4 Å². The normalized spacial score (nSPS) is 24.9. The molecular formula is C23H39N5. The van der Waals surface area contributed by atoms with E-state index in [1.807, 2.05) is 6.21 Å². The molecule has 5 nitrogen and oxygen atoms in total. The lowest BCUT2D eigenvalue weighted by Gasteiger charge is -2.36. The molecule has 2 saturated heterocycles. The Morgan fingerprint density at radius 3 is 2.39 bits per heavy atom. The summed E-state index contributed by atoms with van der Waals surface area (Å²) in [6.07, 6.45) is 7.07. The lowest BCUT2D eigenvalue weighted by Crippen LogP contribution is -2.45. The first-order valence-corrected chi connectivity index (χ1v) is 11.1. The van der Waals surface area contributed by atoms with E-state index in [1.165, 1.54) is 69.5 Å². The molecule has 0 amide bonds. The van der Waals surface area contributed by atoms with E-state index in [9.17, 15) is 0 Å². The van der Waals surface area contributed by atoms with Gasteiger partial charge in [0.15, 0.2) is 0 Å². The smallest absolute Gasteiger partial charge is 0.0543 e. The molecule has 5 heteroatoms. The standard InChI is InChI=1S/C23H39N5/c1-20-6-4-7-21(2)28(20)25-19-23-10-8-22(9-11-23)18-24-12-5-13-27-16-14-26(3)15-17-27/h8-11,19-21,24H,4-7,12-18H2,1-3H3. The molecule has 2 atom stereocenters. The molecular weight excluding hydrogens is 346 g/mol. The van der Waals surface area contributed by atoms with E-state index >= 15 is 0 Å². The summed E-state index contributed by atoms with van der Waals surface area (Å²) < 4.78 is 0. The van der Waals surface area contributed by atoms with Crippen LogP contribution in [0.5, 0.6) is 0 Å². The van der Waals surface area contributed by atoms with Crippen molar-refractivity contribution >= 4 is 6.21 Å². The van der Waals surface area contributed by atoms with Crippen LogP contribution >= 0.6 is 0 Å². The summed E-state index contributed by atoms with van der Waals surface area (Å²) in [5.41, 5.74) is 2.53. The molecule has 0 radical (unpaired) electrons. The van der Waals surface area contributed by atoms with Crippen molar-refractivity contribution in [1.82, 2.24) is 20.1 Å². The molecule has 0 spiro atoms. The van der Waals surface area contributed by atoms with Crippen molar-refractivity contribution in [1.29, 1.82) is 0 Å². The van der Waals surface area contributed by atoms with Crippen molar-refractivity contribution < 1.29 is 0 Å². The third kappa shape index (κ3) is 6.57. The summed E-state index contributed by atoms with van der Waals surface area (Å²) in [5.74, 6) is 0. The van der Waals surface area contributed by atoms with E-state index in [1.54, 1.807) is 0 Å². The van der Waals surface area contributed by atoms with Gasteiger partial charge < -0.3 is 15.1 Å². The average Bonchev–Trinajstić information content (AvgIpc) is 2.70. The highest BCUT2D eigenvalue weighted by Gasteiger charge is 2.22. The molecule has 2 fully saturated rings. The number of rotatable bonds is 8. The number of nitrogens with one attached hydrogen (secondary N) is 1. The minimum atomic E-state index is 0.550. The van der Waals surface area contributed by atoms with Crippen molar-refractivity contribution in [3.63, 3.8) is 0 Å².